The molecule has 2 nitrogen and oxygen atoms in total. The summed E-state index contributed by atoms with van der Waals surface area (Å²) in [7, 11) is 0. The molecule has 1 heterocycles. The van der Waals surface area contributed by atoms with Crippen molar-refractivity contribution in [2.24, 2.45) is 5.84 Å². The minimum atomic E-state index is 0.0954. The summed E-state index contributed by atoms with van der Waals surface area (Å²) in [5.41, 5.74) is 6.73. The molecule has 0 aliphatic heterocycles. The molecule has 1 aromatic heterocycles. The van der Waals surface area contributed by atoms with Crippen molar-refractivity contribution in [3.05, 3.63) is 57.8 Å². The number of hydrazine groups is 1. The van der Waals surface area contributed by atoms with Crippen LogP contribution in [0.4, 0.5) is 0 Å². The van der Waals surface area contributed by atoms with Crippen LogP contribution in [0.2, 0.25) is 0 Å². The first-order valence-corrected chi connectivity index (χ1v) is 6.86. The van der Waals surface area contributed by atoms with E-state index in [4.69, 9.17) is 5.84 Å². The number of hydrogen-bond acceptors (Lipinski definition) is 3. The summed E-state index contributed by atoms with van der Waals surface area (Å²) in [6, 6.07) is 10.9. The molecule has 2 rings (SSSR count). The average molecular weight is 246 g/mol. The highest BCUT2D eigenvalue weighted by Crippen LogP contribution is 2.24. The number of hydrogen-bond donors (Lipinski definition) is 2. The first kappa shape index (κ1) is 12.3. The SMILES string of the molecule is CCCc1cccc(C(NN)c2ccsc2)c1. The molecule has 0 bridgehead atoms. The van der Waals surface area contributed by atoms with Gasteiger partial charge in [0.05, 0.1) is 6.04 Å². The van der Waals surface area contributed by atoms with Crippen molar-refractivity contribution >= 4 is 11.3 Å². The van der Waals surface area contributed by atoms with Gasteiger partial charge in [-0.25, -0.2) is 5.43 Å². The number of nitrogens with two attached hydrogens (primary N) is 1. The van der Waals surface area contributed by atoms with E-state index in [9.17, 15) is 0 Å². The lowest BCUT2D eigenvalue weighted by atomic mass is 9.98. The Morgan fingerprint density at radius 2 is 2.18 bits per heavy atom. The molecule has 0 aliphatic rings. The largest absolute Gasteiger partial charge is 0.271 e. The minimum Gasteiger partial charge on any atom is -0.271 e. The lowest BCUT2D eigenvalue weighted by Crippen LogP contribution is -2.28. The Labute approximate surface area is 106 Å². The van der Waals surface area contributed by atoms with Gasteiger partial charge in [-0.3, -0.25) is 5.84 Å². The standard InChI is InChI=1S/C14H18N2S/c1-2-4-11-5-3-6-12(9-11)14(16-15)13-7-8-17-10-13/h3,5-10,14,16H,2,4,15H2,1H3. The molecule has 0 radical (unpaired) electrons. The zero-order valence-electron chi connectivity index (χ0n) is 10.0. The third-order valence-electron chi connectivity index (χ3n) is 2.87. The summed E-state index contributed by atoms with van der Waals surface area (Å²) in [5.74, 6) is 5.67. The number of nitrogens with one attached hydrogen (secondary N) is 1. The topological polar surface area (TPSA) is 38.0 Å². The van der Waals surface area contributed by atoms with Gasteiger partial charge in [0.2, 0.25) is 0 Å². The Bertz CT molecular complexity index is 451. The van der Waals surface area contributed by atoms with Crippen LogP contribution in [0.25, 0.3) is 0 Å². The summed E-state index contributed by atoms with van der Waals surface area (Å²) in [6.07, 6.45) is 2.29. The molecule has 0 spiro atoms. The number of rotatable bonds is 5. The Kier molecular flexibility index (Phi) is 4.31. The second kappa shape index (κ2) is 5.96. The van der Waals surface area contributed by atoms with Crippen LogP contribution in [-0.4, -0.2) is 0 Å². The molecule has 0 saturated heterocycles. The van der Waals surface area contributed by atoms with Gasteiger partial charge in [0, 0.05) is 0 Å². The van der Waals surface area contributed by atoms with E-state index < -0.39 is 0 Å². The third-order valence-corrected chi connectivity index (χ3v) is 3.57. The zero-order valence-corrected chi connectivity index (χ0v) is 10.8. The molecule has 17 heavy (non-hydrogen) atoms. The maximum Gasteiger partial charge on any atom is 0.0718 e. The van der Waals surface area contributed by atoms with Crippen LogP contribution in [0.3, 0.4) is 0 Å². The van der Waals surface area contributed by atoms with Crippen LogP contribution < -0.4 is 11.3 Å². The maximum absolute atomic E-state index is 5.67. The monoisotopic (exact) mass is 246 g/mol. The Hall–Kier alpha value is -1.16. The minimum absolute atomic E-state index is 0.0954. The molecule has 1 atom stereocenters. The smallest absolute Gasteiger partial charge is 0.0718 e. The Morgan fingerprint density at radius 3 is 2.82 bits per heavy atom. The molecular weight excluding hydrogens is 228 g/mol. The molecule has 1 unspecified atom stereocenters. The molecule has 0 fully saturated rings. The lowest BCUT2D eigenvalue weighted by molar-refractivity contribution is 0.638. The van der Waals surface area contributed by atoms with Crippen LogP contribution in [0.5, 0.6) is 0 Å². The van der Waals surface area contributed by atoms with E-state index in [1.807, 2.05) is 0 Å². The molecule has 3 heteroatoms. The van der Waals surface area contributed by atoms with Crippen molar-refractivity contribution in [3.63, 3.8) is 0 Å². The predicted octanol–water partition coefficient (Wildman–Crippen LogP) is 3.25. The third kappa shape index (κ3) is 2.94. The van der Waals surface area contributed by atoms with Crippen molar-refractivity contribution in [1.82, 2.24) is 5.43 Å². The van der Waals surface area contributed by atoms with E-state index in [1.54, 1.807) is 11.3 Å². The van der Waals surface area contributed by atoms with E-state index >= 15 is 0 Å². The predicted molar refractivity (Wildman–Crippen MR) is 73.9 cm³/mol. The summed E-state index contributed by atoms with van der Waals surface area (Å²) in [6.45, 7) is 2.20. The quantitative estimate of drug-likeness (QED) is 0.628. The van der Waals surface area contributed by atoms with Gasteiger partial charge in [0.15, 0.2) is 0 Å². The van der Waals surface area contributed by atoms with Crippen LogP contribution in [0.15, 0.2) is 41.1 Å². The van der Waals surface area contributed by atoms with Crippen molar-refractivity contribution < 1.29 is 0 Å². The van der Waals surface area contributed by atoms with Crippen LogP contribution >= 0.6 is 11.3 Å². The lowest BCUT2D eigenvalue weighted by Gasteiger charge is -2.16. The van der Waals surface area contributed by atoms with Gasteiger partial charge >= 0.3 is 0 Å². The molecule has 0 amide bonds. The summed E-state index contributed by atoms with van der Waals surface area (Å²) < 4.78 is 0. The van der Waals surface area contributed by atoms with Crippen molar-refractivity contribution in [2.75, 3.05) is 0 Å². The van der Waals surface area contributed by atoms with Crippen LogP contribution in [0, 0.1) is 0 Å². The highest BCUT2D eigenvalue weighted by Gasteiger charge is 2.12. The van der Waals surface area contributed by atoms with E-state index in [-0.39, 0.29) is 6.04 Å². The van der Waals surface area contributed by atoms with Gasteiger partial charge in [-0.1, -0.05) is 37.6 Å². The Morgan fingerprint density at radius 1 is 1.29 bits per heavy atom. The van der Waals surface area contributed by atoms with Gasteiger partial charge in [0.1, 0.15) is 0 Å². The van der Waals surface area contributed by atoms with Crippen LogP contribution in [-0.2, 0) is 6.42 Å². The van der Waals surface area contributed by atoms with Crippen LogP contribution in [0.1, 0.15) is 36.1 Å². The van der Waals surface area contributed by atoms with Crippen molar-refractivity contribution in [2.45, 2.75) is 25.8 Å². The fraction of sp³-hybridized carbons (Fsp3) is 0.286. The van der Waals surface area contributed by atoms with Gasteiger partial charge in [-0.15, -0.1) is 0 Å². The molecule has 90 valence electrons. The first-order chi connectivity index (χ1) is 8.35. The summed E-state index contributed by atoms with van der Waals surface area (Å²) in [5, 5.41) is 4.21. The van der Waals surface area contributed by atoms with Gasteiger partial charge in [-0.2, -0.15) is 11.3 Å². The maximum atomic E-state index is 5.67. The van der Waals surface area contributed by atoms with E-state index in [0.717, 1.165) is 6.42 Å². The fourth-order valence-electron chi connectivity index (χ4n) is 2.04. The normalized spacial score (nSPS) is 12.6. The molecule has 3 N–H and O–H groups in total. The second-order valence-electron chi connectivity index (χ2n) is 4.15. The number of benzene rings is 1. The molecule has 0 saturated carbocycles. The van der Waals surface area contributed by atoms with Crippen molar-refractivity contribution in [3.8, 4) is 0 Å². The zero-order chi connectivity index (χ0) is 12.1. The molecule has 1 aromatic carbocycles. The highest BCUT2D eigenvalue weighted by molar-refractivity contribution is 7.08. The Balaban J connectivity index is 2.28. The summed E-state index contributed by atoms with van der Waals surface area (Å²) in [4.78, 5) is 0. The van der Waals surface area contributed by atoms with Gasteiger partial charge < -0.3 is 0 Å². The fourth-order valence-corrected chi connectivity index (χ4v) is 2.73. The molecular formula is C14H18N2S. The molecule has 0 aliphatic carbocycles. The molecule has 2 aromatic rings. The highest BCUT2D eigenvalue weighted by atomic mass is 32.1. The van der Waals surface area contributed by atoms with E-state index in [1.165, 1.54) is 23.1 Å². The first-order valence-electron chi connectivity index (χ1n) is 5.92. The number of aryl methyl sites for hydroxylation is 1. The van der Waals surface area contributed by atoms with Crippen molar-refractivity contribution in [1.29, 1.82) is 0 Å². The van der Waals surface area contributed by atoms with Gasteiger partial charge in [-0.05, 0) is 39.9 Å². The number of thiophene rings is 1. The van der Waals surface area contributed by atoms with E-state index in [0.29, 0.717) is 0 Å². The average Bonchev–Trinajstić information content (AvgIpc) is 2.85. The summed E-state index contributed by atoms with van der Waals surface area (Å²) >= 11 is 1.70. The second-order valence-corrected chi connectivity index (χ2v) is 4.93. The van der Waals surface area contributed by atoms with Gasteiger partial charge in [0.25, 0.3) is 0 Å². The van der Waals surface area contributed by atoms with E-state index in [2.05, 4.69) is 53.4 Å².